The van der Waals surface area contributed by atoms with Crippen LogP contribution in [0.25, 0.3) is 0 Å². The summed E-state index contributed by atoms with van der Waals surface area (Å²) in [5, 5.41) is 12.0. The maximum atomic E-state index is 11.4. The molecule has 1 fully saturated rings. The molecule has 1 amide bonds. The molecule has 88 valence electrons. The summed E-state index contributed by atoms with van der Waals surface area (Å²) in [6, 6.07) is 0. The van der Waals surface area contributed by atoms with E-state index in [1.807, 2.05) is 0 Å². The van der Waals surface area contributed by atoms with E-state index in [1.54, 1.807) is 6.92 Å². The zero-order valence-electron chi connectivity index (χ0n) is 9.88. The normalized spacial score (nSPS) is 21.3. The molecule has 0 radical (unpaired) electrons. The van der Waals surface area contributed by atoms with Gasteiger partial charge in [0.05, 0.1) is 6.10 Å². The lowest BCUT2D eigenvalue weighted by atomic mass is 9.89. The van der Waals surface area contributed by atoms with Gasteiger partial charge < -0.3 is 10.4 Å². The van der Waals surface area contributed by atoms with E-state index in [2.05, 4.69) is 12.2 Å². The highest BCUT2D eigenvalue weighted by Crippen LogP contribution is 2.36. The molecular weight excluding hydrogens is 190 g/mol. The third-order valence-corrected chi connectivity index (χ3v) is 3.31. The van der Waals surface area contributed by atoms with Crippen LogP contribution in [0.3, 0.4) is 0 Å². The van der Waals surface area contributed by atoms with E-state index >= 15 is 0 Å². The zero-order valence-corrected chi connectivity index (χ0v) is 9.88. The van der Waals surface area contributed by atoms with Crippen LogP contribution in [0.15, 0.2) is 0 Å². The van der Waals surface area contributed by atoms with Crippen molar-refractivity contribution in [3.05, 3.63) is 0 Å². The fourth-order valence-electron chi connectivity index (χ4n) is 2.15. The van der Waals surface area contributed by atoms with Gasteiger partial charge in [0.25, 0.3) is 0 Å². The Labute approximate surface area is 92.3 Å². The van der Waals surface area contributed by atoms with Crippen molar-refractivity contribution in [2.24, 2.45) is 5.41 Å². The highest BCUT2D eigenvalue weighted by Gasteiger charge is 2.28. The molecule has 0 saturated heterocycles. The molecule has 0 aliphatic heterocycles. The monoisotopic (exact) mass is 213 g/mol. The largest absolute Gasteiger partial charge is 0.393 e. The Hall–Kier alpha value is -0.570. The number of rotatable bonds is 5. The van der Waals surface area contributed by atoms with Gasteiger partial charge in [-0.15, -0.1) is 0 Å². The van der Waals surface area contributed by atoms with Crippen molar-refractivity contribution < 1.29 is 9.90 Å². The van der Waals surface area contributed by atoms with Crippen molar-refractivity contribution >= 4 is 5.91 Å². The van der Waals surface area contributed by atoms with Gasteiger partial charge in [-0.05, 0) is 31.6 Å². The van der Waals surface area contributed by atoms with Crippen molar-refractivity contribution in [1.29, 1.82) is 0 Å². The van der Waals surface area contributed by atoms with Crippen LogP contribution in [0, 0.1) is 5.41 Å². The molecule has 2 N–H and O–H groups in total. The Kier molecular flexibility index (Phi) is 4.58. The molecule has 1 saturated carbocycles. The van der Waals surface area contributed by atoms with E-state index in [9.17, 15) is 4.79 Å². The first-order valence-electron chi connectivity index (χ1n) is 5.97. The van der Waals surface area contributed by atoms with Crippen LogP contribution in [-0.2, 0) is 4.79 Å². The second-order valence-corrected chi connectivity index (χ2v) is 5.18. The molecule has 3 heteroatoms. The van der Waals surface area contributed by atoms with E-state index in [0.29, 0.717) is 18.3 Å². The minimum absolute atomic E-state index is 0.0732. The third-order valence-electron chi connectivity index (χ3n) is 3.31. The molecule has 1 rings (SSSR count). The maximum Gasteiger partial charge on any atom is 0.220 e. The number of hydrogen-bond donors (Lipinski definition) is 2. The summed E-state index contributed by atoms with van der Waals surface area (Å²) in [4.78, 5) is 11.4. The first-order valence-corrected chi connectivity index (χ1v) is 5.97. The summed E-state index contributed by atoms with van der Waals surface area (Å²) in [5.41, 5.74) is 0.320. The standard InChI is InChI=1S/C12H23NO2/c1-10(14)5-6-11(15)13-9-12(2)7-3-4-8-12/h10,14H,3-9H2,1-2H3,(H,13,15). The number of aliphatic hydroxyl groups is 1. The van der Waals surface area contributed by atoms with Crippen LogP contribution in [0.2, 0.25) is 0 Å². The number of amides is 1. The summed E-state index contributed by atoms with van der Waals surface area (Å²) >= 11 is 0. The second-order valence-electron chi connectivity index (χ2n) is 5.18. The van der Waals surface area contributed by atoms with Crippen molar-refractivity contribution in [2.75, 3.05) is 6.54 Å². The molecule has 0 aromatic rings. The lowest BCUT2D eigenvalue weighted by Crippen LogP contribution is -2.34. The summed E-state index contributed by atoms with van der Waals surface area (Å²) < 4.78 is 0. The molecule has 0 aromatic heterocycles. The van der Waals surface area contributed by atoms with Crippen LogP contribution in [0.1, 0.15) is 52.4 Å². The van der Waals surface area contributed by atoms with Gasteiger partial charge in [0.15, 0.2) is 0 Å². The van der Waals surface area contributed by atoms with E-state index in [0.717, 1.165) is 6.54 Å². The van der Waals surface area contributed by atoms with Crippen molar-refractivity contribution in [2.45, 2.75) is 58.5 Å². The Bertz CT molecular complexity index is 208. The molecule has 1 atom stereocenters. The number of hydrogen-bond acceptors (Lipinski definition) is 2. The molecule has 1 unspecified atom stereocenters. The average Bonchev–Trinajstić information content (AvgIpc) is 2.60. The Morgan fingerprint density at radius 3 is 2.60 bits per heavy atom. The van der Waals surface area contributed by atoms with Crippen molar-refractivity contribution in [3.8, 4) is 0 Å². The van der Waals surface area contributed by atoms with Gasteiger partial charge in [-0.2, -0.15) is 0 Å². The topological polar surface area (TPSA) is 49.3 Å². The summed E-state index contributed by atoms with van der Waals surface area (Å²) in [7, 11) is 0. The quantitative estimate of drug-likeness (QED) is 0.732. The fourth-order valence-corrected chi connectivity index (χ4v) is 2.15. The van der Waals surface area contributed by atoms with E-state index in [1.165, 1.54) is 25.7 Å². The molecule has 0 aromatic carbocycles. The summed E-state index contributed by atoms with van der Waals surface area (Å²) in [6.45, 7) is 4.76. The Balaban J connectivity index is 2.16. The van der Waals surface area contributed by atoms with Crippen LogP contribution < -0.4 is 5.32 Å². The Morgan fingerprint density at radius 1 is 1.47 bits per heavy atom. The smallest absolute Gasteiger partial charge is 0.220 e. The molecule has 3 nitrogen and oxygen atoms in total. The van der Waals surface area contributed by atoms with Crippen LogP contribution in [0.5, 0.6) is 0 Å². The van der Waals surface area contributed by atoms with Gasteiger partial charge in [0, 0.05) is 13.0 Å². The van der Waals surface area contributed by atoms with Gasteiger partial charge in [-0.1, -0.05) is 19.8 Å². The van der Waals surface area contributed by atoms with E-state index in [4.69, 9.17) is 5.11 Å². The number of aliphatic hydroxyl groups excluding tert-OH is 1. The number of carbonyl (C=O) groups is 1. The van der Waals surface area contributed by atoms with Gasteiger partial charge in [-0.25, -0.2) is 0 Å². The first kappa shape index (κ1) is 12.5. The van der Waals surface area contributed by atoms with E-state index < -0.39 is 0 Å². The summed E-state index contributed by atoms with van der Waals surface area (Å²) in [6.07, 6.45) is 5.65. The van der Waals surface area contributed by atoms with Crippen LogP contribution in [0.4, 0.5) is 0 Å². The molecule has 0 heterocycles. The highest BCUT2D eigenvalue weighted by atomic mass is 16.3. The highest BCUT2D eigenvalue weighted by molar-refractivity contribution is 5.75. The van der Waals surface area contributed by atoms with Crippen molar-refractivity contribution in [1.82, 2.24) is 5.32 Å². The minimum Gasteiger partial charge on any atom is -0.393 e. The van der Waals surface area contributed by atoms with Gasteiger partial charge >= 0.3 is 0 Å². The lowest BCUT2D eigenvalue weighted by molar-refractivity contribution is -0.122. The molecule has 1 aliphatic carbocycles. The first-order chi connectivity index (χ1) is 7.02. The number of carbonyl (C=O) groups excluding carboxylic acids is 1. The predicted octanol–water partition coefficient (Wildman–Crippen LogP) is 1.84. The minimum atomic E-state index is -0.377. The number of nitrogens with one attached hydrogen (secondary N) is 1. The van der Waals surface area contributed by atoms with Gasteiger partial charge in [-0.3, -0.25) is 4.79 Å². The average molecular weight is 213 g/mol. The predicted molar refractivity (Wildman–Crippen MR) is 60.5 cm³/mol. The Morgan fingerprint density at radius 2 is 2.07 bits per heavy atom. The molecule has 0 spiro atoms. The summed E-state index contributed by atoms with van der Waals surface area (Å²) in [5.74, 6) is 0.0732. The molecular formula is C12H23NO2. The molecule has 0 bridgehead atoms. The van der Waals surface area contributed by atoms with Gasteiger partial charge in [0.1, 0.15) is 0 Å². The van der Waals surface area contributed by atoms with Crippen molar-refractivity contribution in [3.63, 3.8) is 0 Å². The SMILES string of the molecule is CC(O)CCC(=O)NCC1(C)CCCC1. The third kappa shape index (κ3) is 4.65. The maximum absolute atomic E-state index is 11.4. The van der Waals surface area contributed by atoms with Gasteiger partial charge in [0.2, 0.25) is 5.91 Å². The molecule has 15 heavy (non-hydrogen) atoms. The molecule has 1 aliphatic rings. The fraction of sp³-hybridized carbons (Fsp3) is 0.917. The zero-order chi connectivity index (χ0) is 11.3. The van der Waals surface area contributed by atoms with Crippen LogP contribution >= 0.6 is 0 Å². The van der Waals surface area contributed by atoms with Crippen LogP contribution in [-0.4, -0.2) is 23.7 Å². The lowest BCUT2D eigenvalue weighted by Gasteiger charge is -2.23. The van der Waals surface area contributed by atoms with E-state index in [-0.39, 0.29) is 12.0 Å². The second kappa shape index (κ2) is 5.50.